The molecule has 0 bridgehead atoms. The number of rotatable bonds is 2. The lowest BCUT2D eigenvalue weighted by atomic mass is 10.1. The molecule has 88 valence electrons. The summed E-state index contributed by atoms with van der Waals surface area (Å²) in [6, 6.07) is 6.80. The first kappa shape index (κ1) is 12.2. The third kappa shape index (κ3) is 2.10. The summed E-state index contributed by atoms with van der Waals surface area (Å²) < 4.78 is 1.14. The number of hydrogen-bond donors (Lipinski definition) is 0. The van der Waals surface area contributed by atoms with Crippen LogP contribution in [-0.4, -0.2) is 16.1 Å². The van der Waals surface area contributed by atoms with E-state index < -0.39 is 0 Å². The normalized spacial score (nSPS) is 16.1. The van der Waals surface area contributed by atoms with E-state index in [-0.39, 0.29) is 11.8 Å². The minimum atomic E-state index is -0.284. The standard InChI is InChI=1S/C12H10ClNO2S/c1-7(13)8(2)17-14-11(15)9-5-3-4-6-10(9)12(14)16/h3-6H,1-2H3/b8-7+. The molecule has 0 saturated heterocycles. The zero-order chi connectivity index (χ0) is 12.6. The van der Waals surface area contributed by atoms with Crippen LogP contribution in [0.1, 0.15) is 34.6 Å². The van der Waals surface area contributed by atoms with Crippen molar-refractivity contribution in [2.24, 2.45) is 0 Å². The monoisotopic (exact) mass is 267 g/mol. The van der Waals surface area contributed by atoms with Gasteiger partial charge < -0.3 is 0 Å². The lowest BCUT2D eigenvalue weighted by Gasteiger charge is -2.12. The maximum Gasteiger partial charge on any atom is 0.272 e. The maximum absolute atomic E-state index is 12.0. The maximum atomic E-state index is 12.0. The Morgan fingerprint density at radius 3 is 2.00 bits per heavy atom. The van der Waals surface area contributed by atoms with Crippen molar-refractivity contribution in [2.45, 2.75) is 13.8 Å². The molecule has 5 heteroatoms. The van der Waals surface area contributed by atoms with Gasteiger partial charge in [-0.25, -0.2) is 4.31 Å². The zero-order valence-electron chi connectivity index (χ0n) is 9.36. The van der Waals surface area contributed by atoms with Gasteiger partial charge in [0, 0.05) is 9.94 Å². The van der Waals surface area contributed by atoms with Crippen molar-refractivity contribution in [2.75, 3.05) is 0 Å². The number of allylic oxidation sites excluding steroid dienone is 2. The molecular weight excluding hydrogens is 258 g/mol. The van der Waals surface area contributed by atoms with Gasteiger partial charge in [-0.15, -0.1) is 0 Å². The first-order chi connectivity index (χ1) is 8.02. The van der Waals surface area contributed by atoms with Gasteiger partial charge in [-0.1, -0.05) is 23.7 Å². The summed E-state index contributed by atoms with van der Waals surface area (Å²) in [4.78, 5) is 24.7. The van der Waals surface area contributed by atoms with Crippen LogP contribution >= 0.6 is 23.5 Å². The largest absolute Gasteiger partial charge is 0.272 e. The van der Waals surface area contributed by atoms with Crippen LogP contribution in [0.25, 0.3) is 0 Å². The van der Waals surface area contributed by atoms with E-state index in [0.717, 1.165) is 21.2 Å². The number of carbonyl (C=O) groups excluding carboxylic acids is 2. The van der Waals surface area contributed by atoms with Crippen LogP contribution in [0.4, 0.5) is 0 Å². The Morgan fingerprint density at radius 1 is 1.12 bits per heavy atom. The Morgan fingerprint density at radius 2 is 1.59 bits per heavy atom. The van der Waals surface area contributed by atoms with Crippen molar-refractivity contribution in [3.63, 3.8) is 0 Å². The van der Waals surface area contributed by atoms with Crippen molar-refractivity contribution in [1.82, 2.24) is 4.31 Å². The summed E-state index contributed by atoms with van der Waals surface area (Å²) in [5.41, 5.74) is 0.898. The highest BCUT2D eigenvalue weighted by Gasteiger charge is 2.36. The molecule has 0 aliphatic carbocycles. The molecule has 1 aliphatic rings. The minimum Gasteiger partial charge on any atom is -0.268 e. The van der Waals surface area contributed by atoms with Gasteiger partial charge in [0.1, 0.15) is 0 Å². The average molecular weight is 268 g/mol. The van der Waals surface area contributed by atoms with Crippen LogP contribution < -0.4 is 0 Å². The molecule has 1 heterocycles. The molecule has 0 aromatic heterocycles. The molecule has 1 aromatic rings. The summed E-state index contributed by atoms with van der Waals surface area (Å²) in [5, 5.41) is 0.576. The highest BCUT2D eigenvalue weighted by atomic mass is 35.5. The fourth-order valence-corrected chi connectivity index (χ4v) is 2.32. The van der Waals surface area contributed by atoms with Gasteiger partial charge in [0.2, 0.25) is 0 Å². The Bertz CT molecular complexity index is 500. The number of carbonyl (C=O) groups is 2. The second-order valence-electron chi connectivity index (χ2n) is 3.63. The van der Waals surface area contributed by atoms with Gasteiger partial charge in [-0.3, -0.25) is 9.59 Å². The predicted octanol–water partition coefficient (Wildman–Crippen LogP) is 3.42. The molecule has 17 heavy (non-hydrogen) atoms. The van der Waals surface area contributed by atoms with Crippen LogP contribution in [0.5, 0.6) is 0 Å². The van der Waals surface area contributed by atoms with Crippen LogP contribution in [0.15, 0.2) is 34.2 Å². The summed E-state index contributed by atoms with van der Waals surface area (Å²) in [6.07, 6.45) is 0. The van der Waals surface area contributed by atoms with Crippen molar-refractivity contribution >= 4 is 35.4 Å². The summed E-state index contributed by atoms with van der Waals surface area (Å²) in [5.74, 6) is -0.569. The van der Waals surface area contributed by atoms with E-state index in [4.69, 9.17) is 11.6 Å². The van der Waals surface area contributed by atoms with Crippen molar-refractivity contribution in [3.05, 3.63) is 45.3 Å². The van der Waals surface area contributed by atoms with Gasteiger partial charge in [0.15, 0.2) is 0 Å². The van der Waals surface area contributed by atoms with E-state index in [9.17, 15) is 9.59 Å². The van der Waals surface area contributed by atoms with Crippen LogP contribution in [0.2, 0.25) is 0 Å². The van der Waals surface area contributed by atoms with Crippen molar-refractivity contribution in [1.29, 1.82) is 0 Å². The van der Waals surface area contributed by atoms with Crippen LogP contribution in [0, 0.1) is 0 Å². The highest BCUT2D eigenvalue weighted by molar-refractivity contribution is 8.01. The molecule has 0 fully saturated rings. The number of amides is 2. The molecule has 0 saturated carbocycles. The van der Waals surface area contributed by atoms with E-state index in [2.05, 4.69) is 0 Å². The second-order valence-corrected chi connectivity index (χ2v) is 5.36. The van der Waals surface area contributed by atoms with Gasteiger partial charge in [-0.05, 0) is 37.9 Å². The molecule has 1 aliphatic heterocycles. The fraction of sp³-hybridized carbons (Fsp3) is 0.167. The summed E-state index contributed by atoms with van der Waals surface area (Å²) in [6.45, 7) is 3.50. The Labute approximate surface area is 109 Å². The minimum absolute atomic E-state index is 0.284. The number of fused-ring (bicyclic) bond motifs is 1. The fourth-order valence-electron chi connectivity index (χ4n) is 1.45. The molecule has 0 unspecified atom stereocenters. The lowest BCUT2D eigenvalue weighted by Crippen LogP contribution is -2.22. The van der Waals surface area contributed by atoms with E-state index in [1.165, 1.54) is 0 Å². The lowest BCUT2D eigenvalue weighted by molar-refractivity contribution is 0.0777. The molecule has 1 aromatic carbocycles. The van der Waals surface area contributed by atoms with Crippen molar-refractivity contribution < 1.29 is 9.59 Å². The van der Waals surface area contributed by atoms with Crippen LogP contribution in [-0.2, 0) is 0 Å². The first-order valence-electron chi connectivity index (χ1n) is 5.01. The second kappa shape index (κ2) is 4.55. The Balaban J connectivity index is 2.34. The first-order valence-corrected chi connectivity index (χ1v) is 6.16. The number of imide groups is 1. The molecule has 0 spiro atoms. The van der Waals surface area contributed by atoms with Gasteiger partial charge in [0.05, 0.1) is 11.1 Å². The Kier molecular flexibility index (Phi) is 3.26. The predicted molar refractivity (Wildman–Crippen MR) is 68.8 cm³/mol. The van der Waals surface area contributed by atoms with Gasteiger partial charge in [0.25, 0.3) is 11.8 Å². The zero-order valence-corrected chi connectivity index (χ0v) is 10.9. The molecule has 3 nitrogen and oxygen atoms in total. The van der Waals surface area contributed by atoms with Gasteiger partial charge >= 0.3 is 0 Å². The smallest absolute Gasteiger partial charge is 0.268 e. The van der Waals surface area contributed by atoms with E-state index in [1.807, 2.05) is 0 Å². The Hall–Kier alpha value is -1.26. The van der Waals surface area contributed by atoms with Gasteiger partial charge in [-0.2, -0.15) is 0 Å². The van der Waals surface area contributed by atoms with Crippen LogP contribution in [0.3, 0.4) is 0 Å². The average Bonchev–Trinajstić information content (AvgIpc) is 2.55. The van der Waals surface area contributed by atoms with Crippen molar-refractivity contribution in [3.8, 4) is 0 Å². The third-order valence-electron chi connectivity index (χ3n) is 2.47. The quantitative estimate of drug-likeness (QED) is 0.609. The molecular formula is C12H10ClNO2S. The van der Waals surface area contributed by atoms with E-state index >= 15 is 0 Å². The molecule has 0 atom stereocenters. The number of benzene rings is 1. The SMILES string of the molecule is C/C(Cl)=C(/C)SN1C(=O)c2ccccc2C1=O. The van der Waals surface area contributed by atoms with E-state index in [0.29, 0.717) is 16.2 Å². The summed E-state index contributed by atoms with van der Waals surface area (Å²) in [7, 11) is 0. The molecule has 2 amide bonds. The number of nitrogens with zero attached hydrogens (tertiary/aromatic N) is 1. The summed E-state index contributed by atoms with van der Waals surface area (Å²) >= 11 is 6.89. The highest BCUT2D eigenvalue weighted by Crippen LogP contribution is 2.33. The number of halogens is 1. The topological polar surface area (TPSA) is 37.4 Å². The number of hydrogen-bond acceptors (Lipinski definition) is 3. The third-order valence-corrected chi connectivity index (χ3v) is 3.96. The molecule has 0 radical (unpaired) electrons. The molecule has 0 N–H and O–H groups in total. The van der Waals surface area contributed by atoms with E-state index in [1.54, 1.807) is 38.1 Å². The molecule has 2 rings (SSSR count).